The molecule has 0 saturated carbocycles. The van der Waals surface area contributed by atoms with Gasteiger partial charge in [0, 0.05) is 10.6 Å². The molecule has 0 amide bonds. The van der Waals surface area contributed by atoms with Crippen molar-refractivity contribution in [3.8, 4) is 5.75 Å². The monoisotopic (exact) mass is 271 g/mol. The smallest absolute Gasteiger partial charge is 0.125 e. The van der Waals surface area contributed by atoms with E-state index in [2.05, 4.69) is 12.2 Å². The summed E-state index contributed by atoms with van der Waals surface area (Å²) < 4.78 is 5.28. The quantitative estimate of drug-likeness (QED) is 0.749. The van der Waals surface area contributed by atoms with E-state index in [0.29, 0.717) is 17.2 Å². The van der Waals surface area contributed by atoms with E-state index in [9.17, 15) is 5.11 Å². The molecular weight excluding hydrogens is 250 g/mol. The van der Waals surface area contributed by atoms with Crippen molar-refractivity contribution in [2.24, 2.45) is 0 Å². The molecule has 1 rings (SSSR count). The highest BCUT2D eigenvalue weighted by Crippen LogP contribution is 2.34. The van der Waals surface area contributed by atoms with Crippen LogP contribution in [-0.2, 0) is 5.60 Å². The zero-order valence-corrected chi connectivity index (χ0v) is 12.0. The third-order valence-electron chi connectivity index (χ3n) is 2.96. The lowest BCUT2D eigenvalue weighted by Gasteiger charge is -2.26. The molecule has 0 aliphatic carbocycles. The zero-order valence-electron chi connectivity index (χ0n) is 11.3. The van der Waals surface area contributed by atoms with Gasteiger partial charge in [-0.2, -0.15) is 0 Å². The summed E-state index contributed by atoms with van der Waals surface area (Å²) >= 11 is 5.98. The predicted molar refractivity (Wildman–Crippen MR) is 75.4 cm³/mol. The molecular formula is C14H22ClNO2. The van der Waals surface area contributed by atoms with Gasteiger partial charge in [-0.05, 0) is 51.1 Å². The second kappa shape index (κ2) is 6.98. The fourth-order valence-corrected chi connectivity index (χ4v) is 2.04. The van der Waals surface area contributed by atoms with Crippen molar-refractivity contribution < 1.29 is 9.84 Å². The van der Waals surface area contributed by atoms with Gasteiger partial charge in [0.1, 0.15) is 5.75 Å². The molecule has 1 unspecified atom stereocenters. The minimum atomic E-state index is -0.947. The SMILES string of the molecule is CCCNCCC(C)(O)c1cc(Cl)ccc1OC. The minimum Gasteiger partial charge on any atom is -0.496 e. The molecule has 1 atom stereocenters. The van der Waals surface area contributed by atoms with Gasteiger partial charge in [-0.25, -0.2) is 0 Å². The number of hydrogen-bond donors (Lipinski definition) is 2. The molecule has 3 nitrogen and oxygen atoms in total. The summed E-state index contributed by atoms with van der Waals surface area (Å²) in [5.41, 5.74) is -0.215. The van der Waals surface area contributed by atoms with Gasteiger partial charge in [0.25, 0.3) is 0 Å². The first-order chi connectivity index (χ1) is 8.51. The van der Waals surface area contributed by atoms with E-state index in [1.807, 2.05) is 0 Å². The van der Waals surface area contributed by atoms with Crippen LogP contribution in [0.2, 0.25) is 5.02 Å². The summed E-state index contributed by atoms with van der Waals surface area (Å²) in [7, 11) is 1.60. The average molecular weight is 272 g/mol. The number of halogens is 1. The largest absolute Gasteiger partial charge is 0.496 e. The van der Waals surface area contributed by atoms with Crippen molar-refractivity contribution in [3.05, 3.63) is 28.8 Å². The number of aliphatic hydroxyl groups is 1. The lowest BCUT2D eigenvalue weighted by Crippen LogP contribution is -2.28. The molecule has 0 fully saturated rings. The summed E-state index contributed by atoms with van der Waals surface area (Å²) in [5, 5.41) is 14.4. The van der Waals surface area contributed by atoms with Crippen molar-refractivity contribution in [1.82, 2.24) is 5.32 Å². The lowest BCUT2D eigenvalue weighted by molar-refractivity contribution is 0.0455. The Morgan fingerprint density at radius 1 is 1.39 bits per heavy atom. The van der Waals surface area contributed by atoms with Crippen LogP contribution < -0.4 is 10.1 Å². The molecule has 1 aromatic carbocycles. The fourth-order valence-electron chi connectivity index (χ4n) is 1.87. The molecule has 4 heteroatoms. The molecule has 0 saturated heterocycles. The highest BCUT2D eigenvalue weighted by molar-refractivity contribution is 6.30. The molecule has 0 radical (unpaired) electrons. The Kier molecular flexibility index (Phi) is 5.93. The standard InChI is InChI=1S/C14H22ClNO2/c1-4-8-16-9-7-14(2,17)12-10-11(15)5-6-13(12)18-3/h5-6,10,16-17H,4,7-9H2,1-3H3. The van der Waals surface area contributed by atoms with Crippen LogP contribution in [0, 0.1) is 0 Å². The summed E-state index contributed by atoms with van der Waals surface area (Å²) in [4.78, 5) is 0. The number of hydrogen-bond acceptors (Lipinski definition) is 3. The maximum atomic E-state index is 10.5. The van der Waals surface area contributed by atoms with Crippen molar-refractivity contribution in [2.75, 3.05) is 20.2 Å². The van der Waals surface area contributed by atoms with Crippen LogP contribution in [-0.4, -0.2) is 25.3 Å². The molecule has 2 N–H and O–H groups in total. The molecule has 0 aromatic heterocycles. The summed E-state index contributed by atoms with van der Waals surface area (Å²) in [6.45, 7) is 5.62. The first-order valence-corrected chi connectivity index (χ1v) is 6.66. The average Bonchev–Trinajstić information content (AvgIpc) is 2.35. The van der Waals surface area contributed by atoms with Crippen molar-refractivity contribution in [1.29, 1.82) is 0 Å². The van der Waals surface area contributed by atoms with E-state index in [1.165, 1.54) is 0 Å². The highest BCUT2D eigenvalue weighted by atomic mass is 35.5. The molecule has 0 heterocycles. The molecule has 0 aliphatic heterocycles. The van der Waals surface area contributed by atoms with Crippen LogP contribution in [0.1, 0.15) is 32.3 Å². The topological polar surface area (TPSA) is 41.5 Å². The predicted octanol–water partition coefficient (Wildman–Crippen LogP) is 2.95. The third kappa shape index (κ3) is 4.16. The van der Waals surface area contributed by atoms with Crippen molar-refractivity contribution in [3.63, 3.8) is 0 Å². The van der Waals surface area contributed by atoms with E-state index >= 15 is 0 Å². The van der Waals surface area contributed by atoms with E-state index in [1.54, 1.807) is 32.2 Å². The number of rotatable bonds is 7. The van der Waals surface area contributed by atoms with Gasteiger partial charge >= 0.3 is 0 Å². The van der Waals surface area contributed by atoms with Crippen LogP contribution in [0.4, 0.5) is 0 Å². The number of ether oxygens (including phenoxy) is 1. The minimum absolute atomic E-state index is 0.604. The Labute approximate surface area is 114 Å². The van der Waals surface area contributed by atoms with Crippen molar-refractivity contribution >= 4 is 11.6 Å². The van der Waals surface area contributed by atoms with Gasteiger partial charge in [-0.3, -0.25) is 0 Å². The normalized spacial score (nSPS) is 14.3. The fraction of sp³-hybridized carbons (Fsp3) is 0.571. The Morgan fingerprint density at radius 3 is 2.72 bits per heavy atom. The highest BCUT2D eigenvalue weighted by Gasteiger charge is 2.26. The van der Waals surface area contributed by atoms with Gasteiger partial charge in [-0.1, -0.05) is 18.5 Å². The van der Waals surface area contributed by atoms with Gasteiger partial charge in [-0.15, -0.1) is 0 Å². The van der Waals surface area contributed by atoms with Crippen LogP contribution >= 0.6 is 11.6 Å². The van der Waals surface area contributed by atoms with Crippen molar-refractivity contribution in [2.45, 2.75) is 32.3 Å². The second-order valence-corrected chi connectivity index (χ2v) is 5.05. The molecule has 102 valence electrons. The van der Waals surface area contributed by atoms with Gasteiger partial charge < -0.3 is 15.2 Å². The molecule has 0 aliphatic rings. The van der Waals surface area contributed by atoms with Gasteiger partial charge in [0.2, 0.25) is 0 Å². The molecule has 18 heavy (non-hydrogen) atoms. The van der Waals surface area contributed by atoms with Gasteiger partial charge in [0.15, 0.2) is 0 Å². The summed E-state index contributed by atoms with van der Waals surface area (Å²) in [6.07, 6.45) is 1.70. The van der Waals surface area contributed by atoms with Gasteiger partial charge in [0.05, 0.1) is 12.7 Å². The Hall–Kier alpha value is -0.770. The number of nitrogens with one attached hydrogen (secondary N) is 1. The Balaban J connectivity index is 2.79. The van der Waals surface area contributed by atoms with Crippen LogP contribution in [0.15, 0.2) is 18.2 Å². The van der Waals surface area contributed by atoms with E-state index in [4.69, 9.17) is 16.3 Å². The first kappa shape index (κ1) is 15.3. The summed E-state index contributed by atoms with van der Waals surface area (Å²) in [5.74, 6) is 0.667. The van der Waals surface area contributed by atoms with E-state index in [-0.39, 0.29) is 0 Å². The maximum absolute atomic E-state index is 10.5. The Bertz CT molecular complexity index is 380. The number of benzene rings is 1. The molecule has 0 bridgehead atoms. The second-order valence-electron chi connectivity index (χ2n) is 4.62. The van der Waals surface area contributed by atoms with E-state index in [0.717, 1.165) is 25.1 Å². The zero-order chi connectivity index (χ0) is 13.6. The lowest BCUT2D eigenvalue weighted by atomic mass is 9.91. The van der Waals surface area contributed by atoms with E-state index < -0.39 is 5.60 Å². The summed E-state index contributed by atoms with van der Waals surface area (Å²) in [6, 6.07) is 5.31. The first-order valence-electron chi connectivity index (χ1n) is 6.28. The number of methoxy groups -OCH3 is 1. The van der Waals surface area contributed by atoms with Crippen LogP contribution in [0.3, 0.4) is 0 Å². The maximum Gasteiger partial charge on any atom is 0.125 e. The Morgan fingerprint density at radius 2 is 2.11 bits per heavy atom. The molecule has 1 aromatic rings. The van der Waals surface area contributed by atoms with Crippen LogP contribution in [0.25, 0.3) is 0 Å². The van der Waals surface area contributed by atoms with Crippen LogP contribution in [0.5, 0.6) is 5.75 Å². The third-order valence-corrected chi connectivity index (χ3v) is 3.19. The molecule has 0 spiro atoms.